The van der Waals surface area contributed by atoms with Crippen LogP contribution in [-0.4, -0.2) is 46.8 Å². The first-order chi connectivity index (χ1) is 15.1. The fourth-order valence-corrected chi connectivity index (χ4v) is 4.87. The first-order valence-electron chi connectivity index (χ1n) is 10.2. The Morgan fingerprint density at radius 2 is 2.16 bits per heavy atom. The molecule has 1 N–H and O–H groups in total. The Hall–Kier alpha value is -2.85. The second kappa shape index (κ2) is 9.97. The molecule has 1 unspecified atom stereocenters. The number of anilines is 2. The first-order valence-corrected chi connectivity index (χ1v) is 11.9. The van der Waals surface area contributed by atoms with E-state index in [2.05, 4.69) is 25.4 Å². The summed E-state index contributed by atoms with van der Waals surface area (Å²) in [7, 11) is 0. The van der Waals surface area contributed by atoms with E-state index in [4.69, 9.17) is 4.74 Å². The Balaban J connectivity index is 1.34. The molecular weight excluding hydrogens is 434 g/mol. The Labute approximate surface area is 188 Å². The van der Waals surface area contributed by atoms with Gasteiger partial charge in [-0.15, -0.1) is 32.9 Å². The maximum Gasteiger partial charge on any atom is 0.311 e. The largest absolute Gasteiger partial charge is 0.466 e. The van der Waals surface area contributed by atoms with E-state index in [-0.39, 0.29) is 24.2 Å². The normalized spacial score (nSPS) is 16.2. The lowest BCUT2D eigenvalue weighted by Crippen LogP contribution is -2.41. The zero-order valence-corrected chi connectivity index (χ0v) is 18.7. The van der Waals surface area contributed by atoms with Gasteiger partial charge in [-0.25, -0.2) is 4.98 Å². The third kappa shape index (κ3) is 5.45. The van der Waals surface area contributed by atoms with Crippen LogP contribution in [0.25, 0.3) is 10.6 Å². The van der Waals surface area contributed by atoms with Gasteiger partial charge >= 0.3 is 5.97 Å². The molecule has 3 aromatic rings. The van der Waals surface area contributed by atoms with Gasteiger partial charge in [0.2, 0.25) is 5.91 Å². The third-order valence-electron chi connectivity index (χ3n) is 4.95. The SMILES string of the molecule is CCOC(=O)Cc1csc(NC(=O)C2CCCN(c3ccc(-c4cccs4)nn3)C2)n1. The zero-order chi connectivity index (χ0) is 21.6. The molecule has 1 aliphatic rings. The van der Waals surface area contributed by atoms with E-state index in [0.717, 1.165) is 35.8 Å². The molecule has 1 atom stereocenters. The molecule has 0 aromatic carbocycles. The van der Waals surface area contributed by atoms with Crippen molar-refractivity contribution in [2.45, 2.75) is 26.2 Å². The monoisotopic (exact) mass is 457 g/mol. The molecule has 0 radical (unpaired) electrons. The molecule has 1 fully saturated rings. The predicted molar refractivity (Wildman–Crippen MR) is 121 cm³/mol. The van der Waals surface area contributed by atoms with Gasteiger partial charge < -0.3 is 15.0 Å². The highest BCUT2D eigenvalue weighted by molar-refractivity contribution is 7.14. The average molecular weight is 458 g/mol. The van der Waals surface area contributed by atoms with Gasteiger partial charge in [-0.1, -0.05) is 6.07 Å². The van der Waals surface area contributed by atoms with Crippen LogP contribution in [0.4, 0.5) is 10.9 Å². The van der Waals surface area contributed by atoms with Gasteiger partial charge in [0.15, 0.2) is 10.9 Å². The molecule has 31 heavy (non-hydrogen) atoms. The lowest BCUT2D eigenvalue weighted by atomic mass is 9.97. The number of nitrogens with one attached hydrogen (secondary N) is 1. The van der Waals surface area contributed by atoms with Gasteiger partial charge in [0.05, 0.1) is 29.5 Å². The topological polar surface area (TPSA) is 97.3 Å². The maximum atomic E-state index is 12.8. The molecule has 3 aromatic heterocycles. The molecule has 1 saturated heterocycles. The van der Waals surface area contributed by atoms with Crippen LogP contribution in [0.1, 0.15) is 25.5 Å². The molecule has 1 amide bonds. The van der Waals surface area contributed by atoms with Crippen molar-refractivity contribution >= 4 is 45.5 Å². The number of piperidine rings is 1. The number of thiophene rings is 1. The van der Waals surface area contributed by atoms with Crippen molar-refractivity contribution in [2.24, 2.45) is 5.92 Å². The predicted octanol–water partition coefficient (Wildman–Crippen LogP) is 3.62. The van der Waals surface area contributed by atoms with Crippen LogP contribution < -0.4 is 10.2 Å². The number of aromatic nitrogens is 3. The van der Waals surface area contributed by atoms with Crippen molar-refractivity contribution in [1.29, 1.82) is 0 Å². The molecule has 0 bridgehead atoms. The summed E-state index contributed by atoms with van der Waals surface area (Å²) in [6.07, 6.45) is 1.82. The summed E-state index contributed by atoms with van der Waals surface area (Å²) >= 11 is 2.94. The molecule has 0 spiro atoms. The second-order valence-electron chi connectivity index (χ2n) is 7.15. The number of hydrogen-bond acceptors (Lipinski definition) is 9. The maximum absolute atomic E-state index is 12.8. The summed E-state index contributed by atoms with van der Waals surface area (Å²) in [6, 6.07) is 7.95. The van der Waals surface area contributed by atoms with E-state index in [1.54, 1.807) is 23.6 Å². The smallest absolute Gasteiger partial charge is 0.311 e. The molecule has 8 nitrogen and oxygen atoms in total. The highest BCUT2D eigenvalue weighted by Crippen LogP contribution is 2.26. The number of hydrogen-bond donors (Lipinski definition) is 1. The highest BCUT2D eigenvalue weighted by Gasteiger charge is 2.27. The Morgan fingerprint density at radius 1 is 1.26 bits per heavy atom. The molecule has 10 heteroatoms. The zero-order valence-electron chi connectivity index (χ0n) is 17.1. The standard InChI is InChI=1S/C21H23N5O3S2/c1-2-29-19(27)11-15-13-31-21(22-15)23-20(28)14-5-3-9-26(12-14)18-8-7-16(24-25-18)17-6-4-10-30-17/h4,6-8,10,13-14H,2-3,5,9,11-12H2,1H3,(H,22,23,28). The summed E-state index contributed by atoms with van der Waals surface area (Å²) < 4.78 is 4.94. The minimum absolute atomic E-state index is 0.0649. The lowest BCUT2D eigenvalue weighted by Gasteiger charge is -2.32. The first kappa shape index (κ1) is 21.4. The van der Waals surface area contributed by atoms with E-state index in [1.165, 1.54) is 11.3 Å². The molecular formula is C21H23N5O3S2. The highest BCUT2D eigenvalue weighted by atomic mass is 32.1. The van der Waals surface area contributed by atoms with Gasteiger partial charge in [-0.05, 0) is 43.3 Å². The Kier molecular flexibility index (Phi) is 6.88. The molecule has 162 valence electrons. The number of thiazole rings is 1. The summed E-state index contributed by atoms with van der Waals surface area (Å²) in [5.74, 6) is 0.235. The number of carbonyl (C=O) groups excluding carboxylic acids is 2. The Morgan fingerprint density at radius 3 is 2.90 bits per heavy atom. The van der Waals surface area contributed by atoms with E-state index < -0.39 is 0 Å². The summed E-state index contributed by atoms with van der Waals surface area (Å²) in [6.45, 7) is 3.53. The van der Waals surface area contributed by atoms with Gasteiger partial charge in [0.25, 0.3) is 0 Å². The van der Waals surface area contributed by atoms with Crippen LogP contribution in [0.15, 0.2) is 35.0 Å². The fourth-order valence-electron chi connectivity index (χ4n) is 3.46. The van der Waals surface area contributed by atoms with Crippen molar-refractivity contribution in [2.75, 3.05) is 29.9 Å². The van der Waals surface area contributed by atoms with Gasteiger partial charge in [0.1, 0.15) is 5.69 Å². The number of rotatable bonds is 7. The summed E-state index contributed by atoms with van der Waals surface area (Å²) in [4.78, 5) is 31.9. The van der Waals surface area contributed by atoms with E-state index in [0.29, 0.717) is 24.0 Å². The summed E-state index contributed by atoms with van der Waals surface area (Å²) in [5, 5.41) is 15.9. The minimum atomic E-state index is -0.320. The average Bonchev–Trinajstić information content (AvgIpc) is 3.47. The molecule has 0 aliphatic carbocycles. The van der Waals surface area contributed by atoms with E-state index in [9.17, 15) is 9.59 Å². The van der Waals surface area contributed by atoms with Crippen LogP contribution in [-0.2, 0) is 20.7 Å². The van der Waals surface area contributed by atoms with Crippen LogP contribution in [0.3, 0.4) is 0 Å². The number of nitrogens with zero attached hydrogens (tertiary/aromatic N) is 4. The number of amides is 1. The molecule has 1 aliphatic heterocycles. The van der Waals surface area contributed by atoms with Crippen molar-refractivity contribution in [3.05, 3.63) is 40.7 Å². The molecule has 4 heterocycles. The molecule has 0 saturated carbocycles. The van der Waals surface area contributed by atoms with Gasteiger partial charge in [-0.3, -0.25) is 9.59 Å². The van der Waals surface area contributed by atoms with E-state index in [1.807, 2.05) is 29.6 Å². The van der Waals surface area contributed by atoms with Crippen molar-refractivity contribution in [3.63, 3.8) is 0 Å². The number of ether oxygens (including phenoxy) is 1. The molecule has 4 rings (SSSR count). The number of carbonyl (C=O) groups is 2. The number of esters is 1. The van der Waals surface area contributed by atoms with Crippen LogP contribution in [0.5, 0.6) is 0 Å². The third-order valence-corrected chi connectivity index (χ3v) is 6.65. The van der Waals surface area contributed by atoms with Gasteiger partial charge in [-0.2, -0.15) is 0 Å². The van der Waals surface area contributed by atoms with Crippen molar-refractivity contribution < 1.29 is 14.3 Å². The summed E-state index contributed by atoms with van der Waals surface area (Å²) in [5.41, 5.74) is 1.46. The second-order valence-corrected chi connectivity index (χ2v) is 8.96. The van der Waals surface area contributed by atoms with Gasteiger partial charge in [0, 0.05) is 18.5 Å². The van der Waals surface area contributed by atoms with Crippen LogP contribution in [0.2, 0.25) is 0 Å². The van der Waals surface area contributed by atoms with E-state index >= 15 is 0 Å². The van der Waals surface area contributed by atoms with Crippen molar-refractivity contribution in [3.8, 4) is 10.6 Å². The minimum Gasteiger partial charge on any atom is -0.466 e. The van der Waals surface area contributed by atoms with Crippen LogP contribution >= 0.6 is 22.7 Å². The Bertz CT molecular complexity index is 1020. The lowest BCUT2D eigenvalue weighted by molar-refractivity contribution is -0.142. The van der Waals surface area contributed by atoms with Crippen LogP contribution in [0, 0.1) is 5.92 Å². The fraction of sp³-hybridized carbons (Fsp3) is 0.381. The van der Waals surface area contributed by atoms with Crippen molar-refractivity contribution in [1.82, 2.24) is 15.2 Å². The quantitative estimate of drug-likeness (QED) is 0.541.